The zero-order valence-electron chi connectivity index (χ0n) is 31.2. The van der Waals surface area contributed by atoms with Gasteiger partial charge in [0, 0.05) is 12.8 Å². The summed E-state index contributed by atoms with van der Waals surface area (Å²) in [6.45, 7) is 2.73. The van der Waals surface area contributed by atoms with Crippen molar-refractivity contribution in [2.75, 3.05) is 19.8 Å². The molecule has 0 rings (SSSR count). The van der Waals surface area contributed by atoms with Gasteiger partial charge >= 0.3 is 25.7 Å². The lowest BCUT2D eigenvalue weighted by Crippen LogP contribution is -2.34. The smallest absolute Gasteiger partial charge is 0.472 e. The first-order chi connectivity index (χ1) is 24.1. The predicted octanol–water partition coefficient (Wildman–Crippen LogP) is 9.50. The lowest BCUT2D eigenvalue weighted by atomic mass is 10.0. The molecule has 1 unspecified atom stereocenters. The third-order valence-electron chi connectivity index (χ3n) is 8.20. The number of phosphoric acid groups is 1. The Labute approximate surface area is 302 Å². The second kappa shape index (κ2) is 34.1. The van der Waals surface area contributed by atoms with Crippen molar-refractivity contribution in [3.05, 3.63) is 24.3 Å². The molecule has 0 radical (unpaired) electrons. The molecular formula is C38H70NO10P. The van der Waals surface area contributed by atoms with Crippen LogP contribution in [0, 0.1) is 0 Å². The van der Waals surface area contributed by atoms with E-state index in [1.165, 1.54) is 64.2 Å². The van der Waals surface area contributed by atoms with Crippen molar-refractivity contribution in [2.45, 2.75) is 180 Å². The second-order valence-corrected chi connectivity index (χ2v) is 14.5. The fourth-order valence-electron chi connectivity index (χ4n) is 5.08. The third-order valence-corrected chi connectivity index (χ3v) is 9.15. The Kier molecular flexibility index (Phi) is 32.7. The van der Waals surface area contributed by atoms with Gasteiger partial charge < -0.3 is 25.2 Å². The van der Waals surface area contributed by atoms with E-state index in [-0.39, 0.29) is 19.4 Å². The number of aliphatic carboxylic acids is 1. The maximum atomic E-state index is 12.6. The van der Waals surface area contributed by atoms with Crippen molar-refractivity contribution in [3.8, 4) is 0 Å². The van der Waals surface area contributed by atoms with Crippen molar-refractivity contribution < 1.29 is 47.5 Å². The number of carbonyl (C=O) groups excluding carboxylic acids is 2. The highest BCUT2D eigenvalue weighted by Crippen LogP contribution is 2.43. The molecule has 0 heterocycles. The van der Waals surface area contributed by atoms with Crippen LogP contribution in [0.1, 0.15) is 168 Å². The summed E-state index contributed by atoms with van der Waals surface area (Å²) in [6, 6.07) is -1.52. The molecule has 292 valence electrons. The van der Waals surface area contributed by atoms with Crippen LogP contribution in [0.25, 0.3) is 0 Å². The predicted molar refractivity (Wildman–Crippen MR) is 199 cm³/mol. The molecule has 0 aromatic heterocycles. The minimum atomic E-state index is -4.71. The number of hydrogen-bond donors (Lipinski definition) is 3. The topological polar surface area (TPSA) is 172 Å². The average Bonchev–Trinajstić information content (AvgIpc) is 3.09. The van der Waals surface area contributed by atoms with Crippen LogP contribution in [0.2, 0.25) is 0 Å². The molecule has 0 aliphatic rings. The van der Waals surface area contributed by atoms with E-state index in [1.807, 2.05) is 0 Å². The number of allylic oxidation sites excluding steroid dienone is 4. The summed E-state index contributed by atoms with van der Waals surface area (Å²) in [5.41, 5.74) is 5.31. The molecular weight excluding hydrogens is 661 g/mol. The molecule has 0 aromatic rings. The first-order valence-electron chi connectivity index (χ1n) is 19.4. The van der Waals surface area contributed by atoms with Gasteiger partial charge in [0.2, 0.25) is 0 Å². The molecule has 12 heteroatoms. The molecule has 4 N–H and O–H groups in total. The van der Waals surface area contributed by atoms with Crippen molar-refractivity contribution in [1.29, 1.82) is 0 Å². The zero-order valence-corrected chi connectivity index (χ0v) is 32.1. The first-order valence-corrected chi connectivity index (χ1v) is 20.9. The standard InChI is InChI=1S/C38H70NO10P/c1-3-5-7-9-11-13-15-17-18-20-22-24-26-28-30-37(41)49-34(32-47-50(44,45)48-33-35(39)38(42)43)31-46-36(40)29-27-25-23-21-19-16-14-12-10-8-6-4-2/h9,11,15,17,34-35H,3-8,10,12-14,16,18-33,39H2,1-2H3,(H,42,43)(H,44,45)/b11-9+,17-15+/t34-,35+/m1/s1. The van der Waals surface area contributed by atoms with Crippen LogP contribution in [-0.4, -0.2) is 59.9 Å². The van der Waals surface area contributed by atoms with E-state index in [0.717, 1.165) is 64.2 Å². The normalized spacial score (nSPS) is 14.2. The Hall–Kier alpha value is -2.04. The summed E-state index contributed by atoms with van der Waals surface area (Å²) in [5.74, 6) is -2.39. The van der Waals surface area contributed by atoms with Gasteiger partial charge in [0.25, 0.3) is 0 Å². The van der Waals surface area contributed by atoms with E-state index in [1.54, 1.807) is 0 Å². The molecule has 0 bridgehead atoms. The Morgan fingerprint density at radius 1 is 0.620 bits per heavy atom. The number of carboxylic acids is 1. The third kappa shape index (κ3) is 33.1. The minimum Gasteiger partial charge on any atom is -0.480 e. The number of nitrogens with two attached hydrogens (primary N) is 1. The molecule has 3 atom stereocenters. The summed E-state index contributed by atoms with van der Waals surface area (Å²) in [7, 11) is -4.71. The number of ether oxygens (including phenoxy) is 2. The Balaban J connectivity index is 4.46. The number of carboxylic acid groups (broad SMARTS) is 1. The van der Waals surface area contributed by atoms with Gasteiger partial charge in [-0.05, 0) is 38.5 Å². The Bertz CT molecular complexity index is 958. The van der Waals surface area contributed by atoms with Crippen molar-refractivity contribution in [1.82, 2.24) is 0 Å². The maximum absolute atomic E-state index is 12.6. The van der Waals surface area contributed by atoms with E-state index < -0.39 is 51.1 Å². The maximum Gasteiger partial charge on any atom is 0.472 e. The number of rotatable bonds is 36. The van der Waals surface area contributed by atoms with Crippen LogP contribution in [0.3, 0.4) is 0 Å². The number of phosphoric ester groups is 1. The lowest BCUT2D eigenvalue weighted by molar-refractivity contribution is -0.161. The summed E-state index contributed by atoms with van der Waals surface area (Å²) in [5, 5.41) is 8.85. The van der Waals surface area contributed by atoms with E-state index in [9.17, 15) is 23.8 Å². The Morgan fingerprint density at radius 2 is 1.08 bits per heavy atom. The molecule has 50 heavy (non-hydrogen) atoms. The molecule has 0 fully saturated rings. The SMILES string of the molecule is CCCC/C=C/C/C=C/CCCCCCCC(=O)O[C@H](COC(=O)CCCCCCCCCCCCCC)COP(=O)(O)OC[C@H](N)C(=O)O. The number of hydrogen-bond acceptors (Lipinski definition) is 9. The van der Waals surface area contributed by atoms with Crippen molar-refractivity contribution in [2.24, 2.45) is 5.73 Å². The van der Waals surface area contributed by atoms with E-state index in [4.69, 9.17) is 24.8 Å². The van der Waals surface area contributed by atoms with Crippen LogP contribution < -0.4 is 5.73 Å². The van der Waals surface area contributed by atoms with E-state index in [2.05, 4.69) is 42.7 Å². The van der Waals surface area contributed by atoms with Gasteiger partial charge in [-0.3, -0.25) is 23.4 Å². The van der Waals surface area contributed by atoms with Gasteiger partial charge in [-0.25, -0.2) is 4.57 Å². The van der Waals surface area contributed by atoms with Gasteiger partial charge in [0.15, 0.2) is 6.10 Å². The highest BCUT2D eigenvalue weighted by molar-refractivity contribution is 7.47. The van der Waals surface area contributed by atoms with Gasteiger partial charge in [-0.15, -0.1) is 0 Å². The molecule has 0 aliphatic heterocycles. The fraction of sp³-hybridized carbons (Fsp3) is 0.816. The van der Waals surface area contributed by atoms with Gasteiger partial charge in [-0.1, -0.05) is 141 Å². The number of esters is 2. The summed E-state index contributed by atoms with van der Waals surface area (Å²) in [4.78, 5) is 45.7. The van der Waals surface area contributed by atoms with Crippen LogP contribution in [0.5, 0.6) is 0 Å². The number of carbonyl (C=O) groups is 3. The molecule has 0 amide bonds. The average molecular weight is 732 g/mol. The van der Waals surface area contributed by atoms with Gasteiger partial charge in [0.1, 0.15) is 12.6 Å². The minimum absolute atomic E-state index is 0.147. The van der Waals surface area contributed by atoms with Crippen LogP contribution in [0.4, 0.5) is 0 Å². The highest BCUT2D eigenvalue weighted by Gasteiger charge is 2.28. The zero-order chi connectivity index (χ0) is 37.1. The fourth-order valence-corrected chi connectivity index (χ4v) is 5.86. The molecule has 0 saturated heterocycles. The first kappa shape index (κ1) is 48.0. The molecule has 11 nitrogen and oxygen atoms in total. The summed E-state index contributed by atoms with van der Waals surface area (Å²) >= 11 is 0. The van der Waals surface area contributed by atoms with Crippen LogP contribution in [-0.2, 0) is 37.5 Å². The number of unbranched alkanes of at least 4 members (excludes halogenated alkanes) is 18. The Morgan fingerprint density at radius 3 is 1.62 bits per heavy atom. The largest absolute Gasteiger partial charge is 0.480 e. The molecule has 0 aliphatic carbocycles. The molecule has 0 spiro atoms. The summed E-state index contributed by atoms with van der Waals surface area (Å²) in [6.07, 6.45) is 32.4. The molecule has 0 aromatic carbocycles. The van der Waals surface area contributed by atoms with Gasteiger partial charge in [-0.2, -0.15) is 0 Å². The monoisotopic (exact) mass is 731 g/mol. The lowest BCUT2D eigenvalue weighted by Gasteiger charge is -2.20. The van der Waals surface area contributed by atoms with Gasteiger partial charge in [0.05, 0.1) is 13.2 Å². The van der Waals surface area contributed by atoms with Crippen molar-refractivity contribution in [3.63, 3.8) is 0 Å². The van der Waals surface area contributed by atoms with E-state index in [0.29, 0.717) is 12.8 Å². The van der Waals surface area contributed by atoms with Crippen LogP contribution in [0.15, 0.2) is 24.3 Å². The summed E-state index contributed by atoms with van der Waals surface area (Å²) < 4.78 is 32.5. The highest BCUT2D eigenvalue weighted by atomic mass is 31.2. The van der Waals surface area contributed by atoms with Crippen LogP contribution >= 0.6 is 7.82 Å². The second-order valence-electron chi connectivity index (χ2n) is 13.1. The van der Waals surface area contributed by atoms with Crippen molar-refractivity contribution >= 4 is 25.7 Å². The molecule has 0 saturated carbocycles. The van der Waals surface area contributed by atoms with E-state index >= 15 is 0 Å². The quantitative estimate of drug-likeness (QED) is 0.0242.